The maximum absolute atomic E-state index is 12.8. The maximum atomic E-state index is 12.8. The molecule has 2 aliphatic rings. The Morgan fingerprint density at radius 3 is 2.90 bits per heavy atom. The van der Waals surface area contributed by atoms with Crippen molar-refractivity contribution in [2.75, 3.05) is 31.1 Å². The van der Waals surface area contributed by atoms with Crippen molar-refractivity contribution in [1.29, 1.82) is 0 Å². The van der Waals surface area contributed by atoms with Gasteiger partial charge in [-0.3, -0.25) is 14.5 Å². The lowest BCUT2D eigenvalue weighted by molar-refractivity contribution is -0.128. The molecule has 0 saturated carbocycles. The number of hydrogen-bond donors (Lipinski definition) is 1. The third kappa shape index (κ3) is 2.78. The Balaban J connectivity index is 1.78. The predicted octanol–water partition coefficient (Wildman–Crippen LogP) is 0.786. The third-order valence-corrected chi connectivity index (χ3v) is 4.35. The van der Waals surface area contributed by atoms with E-state index < -0.39 is 0 Å². The molecule has 2 heterocycles. The van der Waals surface area contributed by atoms with Crippen LogP contribution < -0.4 is 10.2 Å². The average Bonchev–Trinajstić information content (AvgIpc) is 2.53. The van der Waals surface area contributed by atoms with Gasteiger partial charge in [-0.25, -0.2) is 0 Å². The van der Waals surface area contributed by atoms with E-state index in [4.69, 9.17) is 0 Å². The molecule has 1 atom stereocenters. The van der Waals surface area contributed by atoms with Crippen molar-refractivity contribution in [1.82, 2.24) is 10.2 Å². The lowest BCUT2D eigenvalue weighted by Crippen LogP contribution is -2.56. The summed E-state index contributed by atoms with van der Waals surface area (Å²) >= 11 is 0. The summed E-state index contributed by atoms with van der Waals surface area (Å²) in [5.41, 5.74) is 2.27. The SMILES string of the molecule is C[C@H](C(=O)N1CCCc2ccccc21)N1CCNC(=O)C1. The smallest absolute Gasteiger partial charge is 0.244 e. The molecule has 0 unspecified atom stereocenters. The number of amides is 2. The van der Waals surface area contributed by atoms with Crippen LogP contribution in [0.4, 0.5) is 5.69 Å². The van der Waals surface area contributed by atoms with Crippen LogP contribution in [0.25, 0.3) is 0 Å². The molecule has 112 valence electrons. The molecule has 0 bridgehead atoms. The van der Waals surface area contributed by atoms with Gasteiger partial charge in [-0.1, -0.05) is 18.2 Å². The fourth-order valence-electron chi connectivity index (χ4n) is 3.13. The zero-order chi connectivity index (χ0) is 14.8. The number of piperazine rings is 1. The van der Waals surface area contributed by atoms with E-state index in [-0.39, 0.29) is 17.9 Å². The van der Waals surface area contributed by atoms with E-state index in [0.717, 1.165) is 31.6 Å². The second-order valence-electron chi connectivity index (χ2n) is 5.72. The normalized spacial score (nSPS) is 20.6. The Labute approximate surface area is 124 Å². The standard InChI is InChI=1S/C16H21N3O2/c1-12(18-10-8-17-15(20)11-18)16(21)19-9-4-6-13-5-2-3-7-14(13)19/h2-3,5,7,12H,4,6,8-11H2,1H3,(H,17,20)/t12-/m1/s1. The van der Waals surface area contributed by atoms with Crippen LogP contribution in [0, 0.1) is 0 Å². The molecule has 1 aromatic rings. The number of carbonyl (C=O) groups is 2. The van der Waals surface area contributed by atoms with E-state index in [1.807, 2.05) is 34.9 Å². The van der Waals surface area contributed by atoms with Crippen LogP contribution in [0.3, 0.4) is 0 Å². The van der Waals surface area contributed by atoms with E-state index >= 15 is 0 Å². The molecular formula is C16H21N3O2. The summed E-state index contributed by atoms with van der Waals surface area (Å²) in [5, 5.41) is 2.80. The third-order valence-electron chi connectivity index (χ3n) is 4.35. The largest absolute Gasteiger partial charge is 0.354 e. The number of benzene rings is 1. The fraction of sp³-hybridized carbons (Fsp3) is 0.500. The second-order valence-corrected chi connectivity index (χ2v) is 5.72. The Morgan fingerprint density at radius 1 is 1.29 bits per heavy atom. The minimum atomic E-state index is -0.262. The summed E-state index contributed by atoms with van der Waals surface area (Å²) in [6.07, 6.45) is 2.02. The maximum Gasteiger partial charge on any atom is 0.244 e. The minimum absolute atomic E-state index is 0.0000516. The second kappa shape index (κ2) is 5.85. The first-order chi connectivity index (χ1) is 10.2. The van der Waals surface area contributed by atoms with E-state index in [9.17, 15) is 9.59 Å². The Hall–Kier alpha value is -1.88. The zero-order valence-electron chi connectivity index (χ0n) is 12.3. The van der Waals surface area contributed by atoms with Gasteiger partial charge in [-0.15, -0.1) is 0 Å². The molecule has 1 N–H and O–H groups in total. The van der Waals surface area contributed by atoms with Gasteiger partial charge in [0.2, 0.25) is 11.8 Å². The molecule has 1 fully saturated rings. The number of fused-ring (bicyclic) bond motifs is 1. The van der Waals surface area contributed by atoms with Crippen molar-refractivity contribution < 1.29 is 9.59 Å². The van der Waals surface area contributed by atoms with Crippen LogP contribution >= 0.6 is 0 Å². The molecule has 5 nitrogen and oxygen atoms in total. The van der Waals surface area contributed by atoms with Crippen molar-refractivity contribution in [3.63, 3.8) is 0 Å². The highest BCUT2D eigenvalue weighted by molar-refractivity contribution is 5.98. The van der Waals surface area contributed by atoms with Gasteiger partial charge >= 0.3 is 0 Å². The van der Waals surface area contributed by atoms with Crippen LogP contribution in [0.5, 0.6) is 0 Å². The molecule has 1 saturated heterocycles. The van der Waals surface area contributed by atoms with Gasteiger partial charge in [-0.2, -0.15) is 0 Å². The zero-order valence-corrected chi connectivity index (χ0v) is 12.3. The van der Waals surface area contributed by atoms with Gasteiger partial charge in [0.15, 0.2) is 0 Å². The van der Waals surface area contributed by atoms with Gasteiger partial charge in [-0.05, 0) is 31.4 Å². The average molecular weight is 287 g/mol. The summed E-state index contributed by atoms with van der Waals surface area (Å²) in [4.78, 5) is 28.2. The van der Waals surface area contributed by atoms with Crippen LogP contribution in [-0.2, 0) is 16.0 Å². The summed E-state index contributed by atoms with van der Waals surface area (Å²) in [5.74, 6) is 0.0943. The Bertz CT molecular complexity index is 558. The molecule has 2 amide bonds. The highest BCUT2D eigenvalue weighted by Crippen LogP contribution is 2.27. The lowest BCUT2D eigenvalue weighted by atomic mass is 10.0. The first-order valence-electron chi connectivity index (χ1n) is 7.57. The molecule has 21 heavy (non-hydrogen) atoms. The number of carbonyl (C=O) groups excluding carboxylic acids is 2. The Morgan fingerprint density at radius 2 is 2.10 bits per heavy atom. The quantitative estimate of drug-likeness (QED) is 0.875. The van der Waals surface area contributed by atoms with Crippen LogP contribution in [0.1, 0.15) is 18.9 Å². The molecule has 0 aromatic heterocycles. The number of nitrogens with zero attached hydrogens (tertiary/aromatic N) is 2. The molecular weight excluding hydrogens is 266 g/mol. The van der Waals surface area contributed by atoms with Crippen LogP contribution in [0.15, 0.2) is 24.3 Å². The summed E-state index contributed by atoms with van der Waals surface area (Å²) in [6, 6.07) is 7.84. The number of para-hydroxylation sites is 1. The molecule has 5 heteroatoms. The van der Waals surface area contributed by atoms with E-state index in [0.29, 0.717) is 13.1 Å². The highest BCUT2D eigenvalue weighted by atomic mass is 16.2. The molecule has 0 spiro atoms. The van der Waals surface area contributed by atoms with Gasteiger partial charge in [0.25, 0.3) is 0 Å². The van der Waals surface area contributed by atoms with Crippen molar-refractivity contribution >= 4 is 17.5 Å². The van der Waals surface area contributed by atoms with Gasteiger partial charge < -0.3 is 10.2 Å². The van der Waals surface area contributed by atoms with E-state index in [2.05, 4.69) is 11.4 Å². The van der Waals surface area contributed by atoms with E-state index in [1.54, 1.807) is 0 Å². The van der Waals surface area contributed by atoms with Crippen molar-refractivity contribution in [3.8, 4) is 0 Å². The number of nitrogens with one attached hydrogen (secondary N) is 1. The number of rotatable bonds is 2. The number of aryl methyl sites for hydroxylation is 1. The molecule has 3 rings (SSSR count). The minimum Gasteiger partial charge on any atom is -0.354 e. The molecule has 0 aliphatic carbocycles. The molecule has 2 aliphatic heterocycles. The van der Waals surface area contributed by atoms with Gasteiger partial charge in [0.1, 0.15) is 0 Å². The predicted molar refractivity (Wildman–Crippen MR) is 81.2 cm³/mol. The number of anilines is 1. The summed E-state index contributed by atoms with van der Waals surface area (Å²) in [6.45, 7) is 4.32. The first-order valence-corrected chi connectivity index (χ1v) is 7.57. The van der Waals surface area contributed by atoms with Crippen molar-refractivity contribution in [2.45, 2.75) is 25.8 Å². The van der Waals surface area contributed by atoms with Gasteiger partial charge in [0, 0.05) is 25.3 Å². The topological polar surface area (TPSA) is 52.7 Å². The van der Waals surface area contributed by atoms with Crippen LogP contribution in [0.2, 0.25) is 0 Å². The molecule has 1 aromatic carbocycles. The lowest BCUT2D eigenvalue weighted by Gasteiger charge is -2.36. The van der Waals surface area contributed by atoms with Crippen molar-refractivity contribution in [2.24, 2.45) is 0 Å². The van der Waals surface area contributed by atoms with E-state index in [1.165, 1.54) is 5.56 Å². The Kier molecular flexibility index (Phi) is 3.92. The summed E-state index contributed by atoms with van der Waals surface area (Å²) < 4.78 is 0. The highest BCUT2D eigenvalue weighted by Gasteiger charge is 2.31. The van der Waals surface area contributed by atoms with Crippen LogP contribution in [-0.4, -0.2) is 48.9 Å². The molecule has 0 radical (unpaired) electrons. The fourth-order valence-corrected chi connectivity index (χ4v) is 3.13. The van der Waals surface area contributed by atoms with Gasteiger partial charge in [0.05, 0.1) is 12.6 Å². The first kappa shape index (κ1) is 14.1. The monoisotopic (exact) mass is 287 g/mol. The number of hydrogen-bond acceptors (Lipinski definition) is 3. The van der Waals surface area contributed by atoms with Crippen molar-refractivity contribution in [3.05, 3.63) is 29.8 Å². The summed E-state index contributed by atoms with van der Waals surface area (Å²) in [7, 11) is 0.